The molecule has 3 aromatic rings. The molecule has 0 atom stereocenters. The molecule has 1 fully saturated rings. The second-order valence-corrected chi connectivity index (χ2v) is 9.90. The number of nitrogens with zero attached hydrogens (tertiary/aromatic N) is 6. The van der Waals surface area contributed by atoms with Crippen LogP contribution in [0.5, 0.6) is 0 Å². The molecule has 1 aliphatic rings. The van der Waals surface area contributed by atoms with Crippen LogP contribution in [0.25, 0.3) is 10.6 Å². The summed E-state index contributed by atoms with van der Waals surface area (Å²) < 4.78 is 31.4. The summed E-state index contributed by atoms with van der Waals surface area (Å²) in [4.78, 5) is 5.01. The molecule has 28 heavy (non-hydrogen) atoms. The Bertz CT molecular complexity index is 1090. The molecule has 0 unspecified atom stereocenters. The minimum absolute atomic E-state index is 0.345. The van der Waals surface area contributed by atoms with Gasteiger partial charge < -0.3 is 0 Å². The van der Waals surface area contributed by atoms with Crippen molar-refractivity contribution in [2.45, 2.75) is 44.6 Å². The van der Waals surface area contributed by atoms with Crippen LogP contribution < -0.4 is 0 Å². The zero-order valence-electron chi connectivity index (χ0n) is 16.3. The summed E-state index contributed by atoms with van der Waals surface area (Å²) in [5, 5.41) is 11.6. The molecule has 1 aliphatic heterocycles. The lowest BCUT2D eigenvalue weighted by atomic mass is 10.2. The van der Waals surface area contributed by atoms with E-state index in [4.69, 9.17) is 0 Å². The van der Waals surface area contributed by atoms with Gasteiger partial charge in [-0.1, -0.05) is 6.42 Å². The van der Waals surface area contributed by atoms with Crippen molar-refractivity contribution in [3.8, 4) is 10.6 Å². The third-order valence-corrected chi connectivity index (χ3v) is 8.14. The summed E-state index contributed by atoms with van der Waals surface area (Å²) in [6.07, 6.45) is 6.64. The molecule has 0 spiro atoms. The highest BCUT2D eigenvalue weighted by Gasteiger charge is 2.31. The van der Waals surface area contributed by atoms with Crippen molar-refractivity contribution < 1.29 is 8.42 Å². The lowest BCUT2D eigenvalue weighted by Gasteiger charge is -2.25. The van der Waals surface area contributed by atoms with Crippen LogP contribution in [0.2, 0.25) is 0 Å². The van der Waals surface area contributed by atoms with Crippen molar-refractivity contribution in [3.05, 3.63) is 34.9 Å². The first-order valence-corrected chi connectivity index (χ1v) is 11.7. The smallest absolute Gasteiger partial charge is 0.246 e. The highest BCUT2D eigenvalue weighted by molar-refractivity contribution is 7.89. The maximum absolute atomic E-state index is 13.1. The monoisotopic (exact) mass is 420 g/mol. The predicted octanol–water partition coefficient (Wildman–Crippen LogP) is 2.58. The van der Waals surface area contributed by atoms with E-state index in [2.05, 4.69) is 15.2 Å². The van der Waals surface area contributed by atoms with Gasteiger partial charge in [-0.05, 0) is 26.7 Å². The molecule has 0 amide bonds. The minimum atomic E-state index is -3.51. The van der Waals surface area contributed by atoms with Gasteiger partial charge in [0.15, 0.2) is 0 Å². The average Bonchev–Trinajstić information content (AvgIpc) is 3.36. The lowest BCUT2D eigenvalue weighted by Crippen LogP contribution is -2.36. The SMILES string of the molecule is Cc1nn(Cc2csc(-c3cnn(C)c3)n2)c(C)c1S(=O)(=O)N1CCCCC1. The van der Waals surface area contributed by atoms with E-state index in [9.17, 15) is 8.42 Å². The predicted molar refractivity (Wildman–Crippen MR) is 108 cm³/mol. The fourth-order valence-electron chi connectivity index (χ4n) is 3.64. The van der Waals surface area contributed by atoms with E-state index >= 15 is 0 Å². The van der Waals surface area contributed by atoms with E-state index in [1.165, 1.54) is 0 Å². The molecule has 0 saturated carbocycles. The van der Waals surface area contributed by atoms with Gasteiger partial charge in [0.1, 0.15) is 9.90 Å². The molecule has 4 rings (SSSR count). The second kappa shape index (κ2) is 7.41. The molecule has 1 saturated heterocycles. The molecular formula is C18H24N6O2S2. The Kier molecular flexibility index (Phi) is 5.11. The Labute approximate surface area is 168 Å². The van der Waals surface area contributed by atoms with Crippen LogP contribution in [-0.4, -0.2) is 50.4 Å². The Morgan fingerprint density at radius 3 is 2.61 bits per heavy atom. The summed E-state index contributed by atoms with van der Waals surface area (Å²) in [6.45, 7) is 5.21. The first kappa shape index (κ1) is 19.3. The molecule has 10 heteroatoms. The zero-order chi connectivity index (χ0) is 19.9. The molecule has 0 aromatic carbocycles. The highest BCUT2D eigenvalue weighted by Crippen LogP contribution is 2.27. The maximum Gasteiger partial charge on any atom is 0.246 e. The maximum atomic E-state index is 13.1. The van der Waals surface area contributed by atoms with E-state index in [-0.39, 0.29) is 0 Å². The Hall–Kier alpha value is -2.04. The van der Waals surface area contributed by atoms with E-state index in [0.29, 0.717) is 35.9 Å². The number of aromatic nitrogens is 5. The number of hydrogen-bond acceptors (Lipinski definition) is 6. The lowest BCUT2D eigenvalue weighted by molar-refractivity contribution is 0.346. The number of aryl methyl sites for hydroxylation is 2. The van der Waals surface area contributed by atoms with Gasteiger partial charge in [0, 0.05) is 37.3 Å². The van der Waals surface area contributed by atoms with Gasteiger partial charge in [-0.25, -0.2) is 13.4 Å². The first-order chi connectivity index (χ1) is 13.4. The second-order valence-electron chi connectivity index (χ2n) is 7.17. The quantitative estimate of drug-likeness (QED) is 0.633. The summed E-state index contributed by atoms with van der Waals surface area (Å²) in [7, 11) is -1.64. The number of thiazole rings is 1. The molecule has 3 aromatic heterocycles. The van der Waals surface area contributed by atoms with Gasteiger partial charge in [0.05, 0.1) is 29.8 Å². The summed E-state index contributed by atoms with van der Waals surface area (Å²) in [5.41, 5.74) is 3.04. The van der Waals surface area contributed by atoms with Gasteiger partial charge in [-0.2, -0.15) is 14.5 Å². The Morgan fingerprint density at radius 2 is 1.93 bits per heavy atom. The molecule has 0 bridgehead atoms. The molecule has 0 radical (unpaired) electrons. The molecular weight excluding hydrogens is 396 g/mol. The fourth-order valence-corrected chi connectivity index (χ4v) is 6.32. The minimum Gasteiger partial charge on any atom is -0.275 e. The molecule has 150 valence electrons. The largest absolute Gasteiger partial charge is 0.275 e. The Balaban J connectivity index is 1.60. The first-order valence-electron chi connectivity index (χ1n) is 9.34. The highest BCUT2D eigenvalue weighted by atomic mass is 32.2. The third-order valence-electron chi connectivity index (χ3n) is 5.04. The number of rotatable bonds is 5. The van der Waals surface area contributed by atoms with Crippen LogP contribution in [0.1, 0.15) is 36.3 Å². The average molecular weight is 421 g/mol. The van der Waals surface area contributed by atoms with E-state index in [1.54, 1.807) is 38.1 Å². The van der Waals surface area contributed by atoms with Crippen LogP contribution in [0, 0.1) is 13.8 Å². The molecule has 8 nitrogen and oxygen atoms in total. The van der Waals surface area contributed by atoms with Gasteiger partial charge in [0.25, 0.3) is 0 Å². The summed E-state index contributed by atoms with van der Waals surface area (Å²) in [6, 6.07) is 0. The Morgan fingerprint density at radius 1 is 1.18 bits per heavy atom. The molecule has 0 N–H and O–H groups in total. The number of piperidine rings is 1. The van der Waals surface area contributed by atoms with E-state index in [0.717, 1.165) is 35.5 Å². The summed E-state index contributed by atoms with van der Waals surface area (Å²) >= 11 is 1.55. The van der Waals surface area contributed by atoms with Crippen molar-refractivity contribution >= 4 is 21.4 Å². The van der Waals surface area contributed by atoms with Crippen LogP contribution in [0.15, 0.2) is 22.7 Å². The van der Waals surface area contributed by atoms with Crippen LogP contribution in [-0.2, 0) is 23.6 Å². The third kappa shape index (κ3) is 3.51. The number of sulfonamides is 1. The van der Waals surface area contributed by atoms with E-state index in [1.807, 2.05) is 25.5 Å². The van der Waals surface area contributed by atoms with Crippen molar-refractivity contribution in [2.24, 2.45) is 7.05 Å². The zero-order valence-corrected chi connectivity index (χ0v) is 17.9. The number of hydrogen-bond donors (Lipinski definition) is 0. The van der Waals surface area contributed by atoms with Crippen LogP contribution in [0.3, 0.4) is 0 Å². The van der Waals surface area contributed by atoms with Crippen LogP contribution in [0.4, 0.5) is 0 Å². The standard InChI is InChI=1S/C18H24N6O2S2/c1-13-17(28(25,26)23-7-5-4-6-8-23)14(2)24(21-13)11-16-12-27-18(20-16)15-9-19-22(3)10-15/h9-10,12H,4-8,11H2,1-3H3. The fraction of sp³-hybridized carbons (Fsp3) is 0.500. The van der Waals surface area contributed by atoms with Gasteiger partial charge >= 0.3 is 0 Å². The van der Waals surface area contributed by atoms with Gasteiger partial charge in [-0.3, -0.25) is 9.36 Å². The topological polar surface area (TPSA) is 85.9 Å². The normalized spacial score (nSPS) is 16.0. The van der Waals surface area contributed by atoms with Gasteiger partial charge in [0.2, 0.25) is 10.0 Å². The van der Waals surface area contributed by atoms with Crippen molar-refractivity contribution in [2.75, 3.05) is 13.1 Å². The molecule has 0 aliphatic carbocycles. The summed E-state index contributed by atoms with van der Waals surface area (Å²) in [5.74, 6) is 0. The van der Waals surface area contributed by atoms with Crippen LogP contribution >= 0.6 is 11.3 Å². The van der Waals surface area contributed by atoms with Gasteiger partial charge in [-0.15, -0.1) is 11.3 Å². The van der Waals surface area contributed by atoms with Crippen molar-refractivity contribution in [3.63, 3.8) is 0 Å². The van der Waals surface area contributed by atoms with E-state index < -0.39 is 10.0 Å². The molecule has 4 heterocycles. The van der Waals surface area contributed by atoms with Crippen molar-refractivity contribution in [1.82, 2.24) is 28.9 Å². The van der Waals surface area contributed by atoms with Crippen molar-refractivity contribution in [1.29, 1.82) is 0 Å².